The molecule has 3 rings (SSSR count). The maximum Gasteiger partial charge on any atom is 0.437 e. The molecule has 0 aliphatic carbocycles. The fraction of sp³-hybridized carbons (Fsp3) is 0.133. The SMILES string of the molecule is O=C(Cn1nc(-c2ccco2)oc1=O)Nc1cc(C(F)(F)F)ccc1Cl. The van der Waals surface area contributed by atoms with Crippen LogP contribution in [0.3, 0.4) is 0 Å². The van der Waals surface area contributed by atoms with Gasteiger partial charge in [-0.3, -0.25) is 4.79 Å². The van der Waals surface area contributed by atoms with E-state index in [-0.39, 0.29) is 22.4 Å². The molecule has 0 bridgehead atoms. The van der Waals surface area contributed by atoms with Crippen LogP contribution in [0, 0.1) is 0 Å². The molecular weight excluding hydrogens is 379 g/mol. The number of carbonyl (C=O) groups is 1. The van der Waals surface area contributed by atoms with Gasteiger partial charge in [0.15, 0.2) is 5.76 Å². The van der Waals surface area contributed by atoms with Gasteiger partial charge in [0.2, 0.25) is 5.91 Å². The molecule has 0 aliphatic heterocycles. The number of benzene rings is 1. The summed E-state index contributed by atoms with van der Waals surface area (Å²) in [7, 11) is 0. The van der Waals surface area contributed by atoms with Crippen molar-refractivity contribution in [3.63, 3.8) is 0 Å². The summed E-state index contributed by atoms with van der Waals surface area (Å²) in [5, 5.41) is 5.90. The summed E-state index contributed by atoms with van der Waals surface area (Å²) >= 11 is 5.80. The fourth-order valence-corrected chi connectivity index (χ4v) is 2.19. The van der Waals surface area contributed by atoms with Crippen LogP contribution in [0.25, 0.3) is 11.7 Å². The summed E-state index contributed by atoms with van der Waals surface area (Å²) in [4.78, 5) is 23.7. The summed E-state index contributed by atoms with van der Waals surface area (Å²) < 4.78 is 48.8. The Morgan fingerprint density at radius 2 is 2.08 bits per heavy atom. The Balaban J connectivity index is 1.77. The molecule has 0 unspecified atom stereocenters. The van der Waals surface area contributed by atoms with Crippen molar-refractivity contribution in [2.45, 2.75) is 12.7 Å². The van der Waals surface area contributed by atoms with E-state index < -0.39 is 29.9 Å². The van der Waals surface area contributed by atoms with Crippen LogP contribution in [0.1, 0.15) is 5.56 Å². The second kappa shape index (κ2) is 6.71. The Kier molecular flexibility index (Phi) is 4.60. The van der Waals surface area contributed by atoms with Gasteiger partial charge in [-0.15, -0.1) is 5.10 Å². The van der Waals surface area contributed by atoms with Gasteiger partial charge in [-0.2, -0.15) is 17.9 Å². The van der Waals surface area contributed by atoms with Gasteiger partial charge in [-0.05, 0) is 30.3 Å². The van der Waals surface area contributed by atoms with Crippen LogP contribution < -0.4 is 11.1 Å². The van der Waals surface area contributed by atoms with Gasteiger partial charge in [-0.25, -0.2) is 4.79 Å². The minimum Gasteiger partial charge on any atom is -0.459 e. The molecule has 0 radical (unpaired) electrons. The average Bonchev–Trinajstić information content (AvgIpc) is 3.19. The molecule has 0 saturated carbocycles. The average molecular weight is 388 g/mol. The summed E-state index contributed by atoms with van der Waals surface area (Å²) in [5.41, 5.74) is -1.22. The number of halogens is 4. The van der Waals surface area contributed by atoms with Crippen molar-refractivity contribution in [3.05, 3.63) is 57.7 Å². The van der Waals surface area contributed by atoms with Crippen LogP contribution in [0.15, 0.2) is 50.2 Å². The molecule has 0 spiro atoms. The third-order valence-corrected chi connectivity index (χ3v) is 3.53. The Morgan fingerprint density at radius 1 is 1.31 bits per heavy atom. The number of furan rings is 1. The first-order chi connectivity index (χ1) is 12.2. The van der Waals surface area contributed by atoms with Crippen molar-refractivity contribution in [1.82, 2.24) is 9.78 Å². The third kappa shape index (κ3) is 3.80. The van der Waals surface area contributed by atoms with Crippen LogP contribution in [0.5, 0.6) is 0 Å². The molecule has 2 heterocycles. The zero-order chi connectivity index (χ0) is 18.9. The zero-order valence-electron chi connectivity index (χ0n) is 12.7. The van der Waals surface area contributed by atoms with E-state index >= 15 is 0 Å². The first-order valence-electron chi connectivity index (χ1n) is 7.02. The second-order valence-corrected chi connectivity index (χ2v) is 5.46. The molecule has 11 heteroatoms. The van der Waals surface area contributed by atoms with Gasteiger partial charge in [0.05, 0.1) is 22.5 Å². The number of hydrogen-bond acceptors (Lipinski definition) is 5. The Bertz CT molecular complexity index is 992. The van der Waals surface area contributed by atoms with Gasteiger partial charge < -0.3 is 14.2 Å². The number of nitrogens with zero attached hydrogens (tertiary/aromatic N) is 2. The van der Waals surface area contributed by atoms with Crippen LogP contribution in [-0.2, 0) is 17.5 Å². The molecule has 1 aromatic carbocycles. The van der Waals surface area contributed by atoms with Crippen LogP contribution in [-0.4, -0.2) is 15.7 Å². The lowest BCUT2D eigenvalue weighted by Crippen LogP contribution is -2.26. The molecule has 0 saturated heterocycles. The third-order valence-electron chi connectivity index (χ3n) is 3.20. The Labute approximate surface area is 148 Å². The number of amides is 1. The maximum absolute atomic E-state index is 12.7. The molecule has 26 heavy (non-hydrogen) atoms. The lowest BCUT2D eigenvalue weighted by molar-refractivity contribution is -0.137. The van der Waals surface area contributed by atoms with Crippen molar-refractivity contribution < 1.29 is 26.8 Å². The summed E-state index contributed by atoms with van der Waals surface area (Å²) in [6.07, 6.45) is -3.25. The Morgan fingerprint density at radius 3 is 2.73 bits per heavy atom. The van der Waals surface area contributed by atoms with Crippen molar-refractivity contribution in [3.8, 4) is 11.7 Å². The van der Waals surface area contributed by atoms with Gasteiger partial charge in [0.1, 0.15) is 6.54 Å². The van der Waals surface area contributed by atoms with E-state index in [1.165, 1.54) is 12.3 Å². The lowest BCUT2D eigenvalue weighted by atomic mass is 10.2. The van der Waals surface area contributed by atoms with Crippen molar-refractivity contribution in [2.75, 3.05) is 5.32 Å². The molecule has 3 aromatic rings. The van der Waals surface area contributed by atoms with Crippen LogP contribution >= 0.6 is 11.6 Å². The highest BCUT2D eigenvalue weighted by Crippen LogP contribution is 2.33. The summed E-state index contributed by atoms with van der Waals surface area (Å²) in [5.74, 6) is -1.69. The van der Waals surface area contributed by atoms with Crippen molar-refractivity contribution in [2.24, 2.45) is 0 Å². The van der Waals surface area contributed by atoms with E-state index in [0.717, 1.165) is 12.1 Å². The number of hydrogen-bond donors (Lipinski definition) is 1. The quantitative estimate of drug-likeness (QED) is 0.741. The van der Waals surface area contributed by atoms with Gasteiger partial charge >= 0.3 is 11.9 Å². The highest BCUT2D eigenvalue weighted by atomic mass is 35.5. The van der Waals surface area contributed by atoms with Gasteiger partial charge in [0.25, 0.3) is 5.89 Å². The molecular formula is C15H9ClF3N3O4. The molecule has 0 atom stereocenters. The molecule has 1 amide bonds. The van der Waals surface area contributed by atoms with E-state index in [0.29, 0.717) is 10.7 Å². The van der Waals surface area contributed by atoms with E-state index in [1.807, 2.05) is 0 Å². The van der Waals surface area contributed by atoms with Crippen molar-refractivity contribution >= 4 is 23.2 Å². The number of nitrogens with one attached hydrogen (secondary N) is 1. The van der Waals surface area contributed by atoms with E-state index in [1.54, 1.807) is 6.07 Å². The monoisotopic (exact) mass is 387 g/mol. The van der Waals surface area contributed by atoms with Gasteiger partial charge in [-0.1, -0.05) is 11.6 Å². The highest BCUT2D eigenvalue weighted by Gasteiger charge is 2.31. The van der Waals surface area contributed by atoms with E-state index in [4.69, 9.17) is 20.4 Å². The largest absolute Gasteiger partial charge is 0.459 e. The topological polar surface area (TPSA) is 90.3 Å². The van der Waals surface area contributed by atoms with Gasteiger partial charge in [0, 0.05) is 0 Å². The fourth-order valence-electron chi connectivity index (χ4n) is 2.03. The normalized spacial score (nSPS) is 11.5. The first kappa shape index (κ1) is 17.8. The molecule has 0 fully saturated rings. The Hall–Kier alpha value is -3.01. The van der Waals surface area contributed by atoms with Crippen molar-refractivity contribution in [1.29, 1.82) is 0 Å². The number of alkyl halides is 3. The molecule has 136 valence electrons. The number of carbonyl (C=O) groups excluding carboxylic acids is 1. The second-order valence-electron chi connectivity index (χ2n) is 5.05. The summed E-state index contributed by atoms with van der Waals surface area (Å²) in [6.45, 7) is -0.588. The predicted octanol–water partition coefficient (Wildman–Crippen LogP) is 3.41. The minimum absolute atomic E-state index is 0.0878. The lowest BCUT2D eigenvalue weighted by Gasteiger charge is -2.11. The number of aromatic nitrogens is 2. The van der Waals surface area contributed by atoms with Crippen LogP contribution in [0.2, 0.25) is 5.02 Å². The molecule has 1 N–H and O–H groups in total. The van der Waals surface area contributed by atoms with E-state index in [2.05, 4.69) is 10.4 Å². The first-order valence-corrected chi connectivity index (χ1v) is 7.40. The molecule has 0 aliphatic rings. The minimum atomic E-state index is -4.59. The number of rotatable bonds is 4. The smallest absolute Gasteiger partial charge is 0.437 e. The molecule has 7 nitrogen and oxygen atoms in total. The number of anilines is 1. The zero-order valence-corrected chi connectivity index (χ0v) is 13.5. The van der Waals surface area contributed by atoms with E-state index in [9.17, 15) is 22.8 Å². The molecule has 2 aromatic heterocycles. The van der Waals surface area contributed by atoms with Crippen LogP contribution in [0.4, 0.5) is 18.9 Å². The highest BCUT2D eigenvalue weighted by molar-refractivity contribution is 6.33. The predicted molar refractivity (Wildman–Crippen MR) is 83.5 cm³/mol. The standard InChI is InChI=1S/C15H9ClF3N3O4/c16-9-4-3-8(15(17,18)19)6-10(9)20-12(23)7-22-14(24)26-13(21-22)11-2-1-5-25-11/h1-6H,7H2,(H,20,23). The summed E-state index contributed by atoms with van der Waals surface area (Å²) in [6, 6.07) is 5.54. The maximum atomic E-state index is 12.7.